The van der Waals surface area contributed by atoms with Crippen LogP contribution in [0.1, 0.15) is 10.4 Å². The first kappa shape index (κ1) is 16.6. The Hall–Kier alpha value is -1.76. The first-order valence-corrected chi connectivity index (χ1v) is 7.63. The number of methoxy groups -OCH3 is 1. The molecule has 1 N–H and O–H groups in total. The van der Waals surface area contributed by atoms with Crippen LogP contribution in [0.4, 0.5) is 5.69 Å². The molecule has 0 unspecified atom stereocenters. The lowest BCUT2D eigenvalue weighted by atomic mass is 10.3. The van der Waals surface area contributed by atoms with Gasteiger partial charge in [0.25, 0.3) is 5.91 Å². The molecular formula is C14H11Cl2NO4S. The summed E-state index contributed by atoms with van der Waals surface area (Å²) in [6.45, 7) is -0.444. The molecule has 2 rings (SSSR count). The van der Waals surface area contributed by atoms with E-state index in [9.17, 15) is 9.59 Å². The summed E-state index contributed by atoms with van der Waals surface area (Å²) in [4.78, 5) is 23.6. The van der Waals surface area contributed by atoms with E-state index in [2.05, 4.69) is 5.32 Å². The Morgan fingerprint density at radius 1 is 1.27 bits per heavy atom. The van der Waals surface area contributed by atoms with Crippen molar-refractivity contribution in [3.8, 4) is 5.75 Å². The van der Waals surface area contributed by atoms with Crippen molar-refractivity contribution in [2.24, 2.45) is 0 Å². The average molecular weight is 360 g/mol. The smallest absolute Gasteiger partial charge is 0.341 e. The fraction of sp³-hybridized carbons (Fsp3) is 0.143. The van der Waals surface area contributed by atoms with E-state index >= 15 is 0 Å². The Balaban J connectivity index is 1.93. The minimum absolute atomic E-state index is 0.141. The number of thiophene rings is 1. The molecule has 1 heterocycles. The number of ether oxygens (including phenoxy) is 2. The number of hydrogen-bond donors (Lipinski definition) is 1. The van der Waals surface area contributed by atoms with Crippen LogP contribution in [0.3, 0.4) is 0 Å². The highest BCUT2D eigenvalue weighted by Crippen LogP contribution is 2.31. The maximum absolute atomic E-state index is 11.8. The molecule has 0 saturated carbocycles. The first-order chi connectivity index (χ1) is 10.5. The maximum Gasteiger partial charge on any atom is 0.341 e. The Morgan fingerprint density at radius 2 is 2.00 bits per heavy atom. The topological polar surface area (TPSA) is 64.6 Å². The van der Waals surface area contributed by atoms with Gasteiger partial charge in [0.2, 0.25) is 0 Å². The highest BCUT2D eigenvalue weighted by atomic mass is 35.5. The van der Waals surface area contributed by atoms with E-state index in [4.69, 9.17) is 32.7 Å². The van der Waals surface area contributed by atoms with Crippen LogP contribution in [0, 0.1) is 0 Å². The van der Waals surface area contributed by atoms with Gasteiger partial charge in [0.1, 0.15) is 10.1 Å². The van der Waals surface area contributed by atoms with Crippen molar-refractivity contribution in [2.75, 3.05) is 19.0 Å². The van der Waals surface area contributed by atoms with Crippen molar-refractivity contribution in [2.45, 2.75) is 0 Å². The normalized spacial score (nSPS) is 10.1. The largest absolute Gasteiger partial charge is 0.495 e. The second kappa shape index (κ2) is 7.49. The molecule has 1 amide bonds. The second-order valence-electron chi connectivity index (χ2n) is 4.06. The Labute approximate surface area is 140 Å². The van der Waals surface area contributed by atoms with Gasteiger partial charge in [-0.3, -0.25) is 4.79 Å². The number of anilines is 1. The van der Waals surface area contributed by atoms with Crippen molar-refractivity contribution < 1.29 is 19.1 Å². The van der Waals surface area contributed by atoms with Gasteiger partial charge in [-0.1, -0.05) is 35.3 Å². The van der Waals surface area contributed by atoms with E-state index in [0.717, 1.165) is 11.3 Å². The van der Waals surface area contributed by atoms with Gasteiger partial charge in [0.05, 0.1) is 22.7 Å². The third-order valence-electron chi connectivity index (χ3n) is 2.59. The number of esters is 1. The van der Waals surface area contributed by atoms with E-state index in [1.54, 1.807) is 24.3 Å². The van der Waals surface area contributed by atoms with Crippen LogP contribution in [0.5, 0.6) is 5.75 Å². The molecule has 0 aliphatic rings. The van der Waals surface area contributed by atoms with Gasteiger partial charge in [0, 0.05) is 0 Å². The molecule has 0 spiro atoms. The van der Waals surface area contributed by atoms with Crippen molar-refractivity contribution in [3.63, 3.8) is 0 Å². The van der Waals surface area contributed by atoms with Crippen LogP contribution >= 0.6 is 34.5 Å². The number of nitrogens with one attached hydrogen (secondary N) is 1. The number of carbonyl (C=O) groups excluding carboxylic acids is 2. The van der Waals surface area contributed by atoms with Crippen molar-refractivity contribution in [3.05, 3.63) is 44.6 Å². The van der Waals surface area contributed by atoms with E-state index < -0.39 is 18.5 Å². The molecule has 0 radical (unpaired) electrons. The van der Waals surface area contributed by atoms with Crippen molar-refractivity contribution >= 4 is 52.1 Å². The minimum atomic E-state index is -0.705. The molecule has 0 bridgehead atoms. The molecule has 5 nitrogen and oxygen atoms in total. The predicted octanol–water partition coefficient (Wildman–Crippen LogP) is 3.86. The quantitative estimate of drug-likeness (QED) is 0.823. The van der Waals surface area contributed by atoms with E-state index in [1.807, 2.05) is 0 Å². The first-order valence-electron chi connectivity index (χ1n) is 6.06. The lowest BCUT2D eigenvalue weighted by Gasteiger charge is -2.09. The van der Waals surface area contributed by atoms with Gasteiger partial charge in [-0.25, -0.2) is 4.79 Å². The molecule has 22 heavy (non-hydrogen) atoms. The zero-order valence-corrected chi connectivity index (χ0v) is 13.7. The SMILES string of the molecule is COc1ccccc1NC(=O)COC(=O)c1cc(Cl)sc1Cl. The summed E-state index contributed by atoms with van der Waals surface area (Å²) in [5.74, 6) is -0.687. The number of carbonyl (C=O) groups is 2. The Morgan fingerprint density at radius 3 is 2.64 bits per heavy atom. The Kier molecular flexibility index (Phi) is 5.65. The van der Waals surface area contributed by atoms with Crippen molar-refractivity contribution in [1.29, 1.82) is 0 Å². The van der Waals surface area contributed by atoms with Gasteiger partial charge < -0.3 is 14.8 Å². The number of para-hydroxylation sites is 2. The summed E-state index contributed by atoms with van der Waals surface area (Å²) < 4.78 is 10.6. The summed E-state index contributed by atoms with van der Waals surface area (Å²) in [5.41, 5.74) is 0.629. The van der Waals surface area contributed by atoms with E-state index in [0.29, 0.717) is 15.8 Å². The van der Waals surface area contributed by atoms with E-state index in [1.165, 1.54) is 13.2 Å². The number of rotatable bonds is 5. The fourth-order valence-corrected chi connectivity index (χ4v) is 3.06. The third kappa shape index (κ3) is 4.13. The highest BCUT2D eigenvalue weighted by Gasteiger charge is 2.17. The molecule has 0 aliphatic heterocycles. The summed E-state index contributed by atoms with van der Waals surface area (Å²) in [7, 11) is 1.49. The Bertz CT molecular complexity index is 702. The lowest BCUT2D eigenvalue weighted by Crippen LogP contribution is -2.21. The van der Waals surface area contributed by atoms with Gasteiger partial charge in [-0.2, -0.15) is 0 Å². The van der Waals surface area contributed by atoms with E-state index in [-0.39, 0.29) is 9.90 Å². The van der Waals surface area contributed by atoms with Crippen LogP contribution < -0.4 is 10.1 Å². The fourth-order valence-electron chi connectivity index (χ4n) is 1.62. The zero-order chi connectivity index (χ0) is 16.1. The van der Waals surface area contributed by atoms with Gasteiger partial charge in [-0.05, 0) is 18.2 Å². The number of benzene rings is 1. The van der Waals surface area contributed by atoms with Gasteiger partial charge >= 0.3 is 5.97 Å². The molecule has 0 saturated heterocycles. The third-order valence-corrected chi connectivity index (χ3v) is 4.08. The summed E-state index contributed by atoms with van der Waals surface area (Å²) in [6.07, 6.45) is 0. The summed E-state index contributed by atoms with van der Waals surface area (Å²) >= 11 is 12.6. The molecule has 116 valence electrons. The summed E-state index contributed by atoms with van der Waals surface area (Å²) in [6, 6.07) is 8.30. The van der Waals surface area contributed by atoms with Gasteiger partial charge in [-0.15, -0.1) is 11.3 Å². The van der Waals surface area contributed by atoms with Crippen LogP contribution in [0.2, 0.25) is 8.67 Å². The zero-order valence-electron chi connectivity index (χ0n) is 11.4. The summed E-state index contributed by atoms with van der Waals surface area (Å²) in [5, 5.41) is 2.59. The standard InChI is InChI=1S/C14H11Cl2NO4S/c1-20-10-5-3-2-4-9(10)17-12(18)7-21-14(19)8-6-11(15)22-13(8)16/h2-6H,7H2,1H3,(H,17,18). The maximum atomic E-state index is 11.8. The highest BCUT2D eigenvalue weighted by molar-refractivity contribution is 7.20. The molecule has 0 atom stereocenters. The van der Waals surface area contributed by atoms with Crippen LogP contribution in [0.15, 0.2) is 30.3 Å². The molecule has 2 aromatic rings. The molecule has 8 heteroatoms. The minimum Gasteiger partial charge on any atom is -0.495 e. The lowest BCUT2D eigenvalue weighted by molar-refractivity contribution is -0.119. The average Bonchev–Trinajstić information content (AvgIpc) is 2.84. The number of halogens is 2. The predicted molar refractivity (Wildman–Crippen MR) is 86.2 cm³/mol. The molecule has 0 aliphatic carbocycles. The molecular weight excluding hydrogens is 349 g/mol. The molecule has 0 fully saturated rings. The number of hydrogen-bond acceptors (Lipinski definition) is 5. The van der Waals surface area contributed by atoms with Gasteiger partial charge in [0.15, 0.2) is 6.61 Å². The monoisotopic (exact) mass is 359 g/mol. The molecule has 1 aromatic heterocycles. The van der Waals surface area contributed by atoms with Crippen LogP contribution in [-0.2, 0) is 9.53 Å². The van der Waals surface area contributed by atoms with Crippen molar-refractivity contribution in [1.82, 2.24) is 0 Å². The van der Waals surface area contributed by atoms with Crippen LogP contribution in [0.25, 0.3) is 0 Å². The van der Waals surface area contributed by atoms with Crippen LogP contribution in [-0.4, -0.2) is 25.6 Å². The number of amides is 1. The molecule has 1 aromatic carbocycles. The second-order valence-corrected chi connectivity index (χ2v) is 6.35.